The lowest BCUT2D eigenvalue weighted by molar-refractivity contribution is 0.401. The second-order valence-corrected chi connectivity index (χ2v) is 29.7. The van der Waals surface area contributed by atoms with Gasteiger partial charge in [0.05, 0.1) is 9.75 Å². The van der Waals surface area contributed by atoms with E-state index in [9.17, 15) is 0 Å². The van der Waals surface area contributed by atoms with Gasteiger partial charge in [-0.1, -0.05) is 308 Å². The lowest BCUT2D eigenvalue weighted by Gasteiger charge is -2.16. The van der Waals surface area contributed by atoms with Gasteiger partial charge in [0.15, 0.2) is 0 Å². The van der Waals surface area contributed by atoms with E-state index >= 15 is 0 Å². The maximum atomic E-state index is 3.52. The van der Waals surface area contributed by atoms with Gasteiger partial charge in [-0.2, -0.15) is 0 Å². The first kappa shape index (κ1) is 66.2. The largest absolute Gasteiger partial charge is 0.140 e. The average molecular weight is 1180 g/mol. The third-order valence-corrected chi connectivity index (χ3v) is 22.1. The second-order valence-electron chi connectivity index (χ2n) is 25.2. The molecule has 446 valence electrons. The van der Waals surface area contributed by atoms with Crippen LogP contribution in [0.1, 0.15) is 315 Å². The van der Waals surface area contributed by atoms with E-state index in [2.05, 4.69) is 124 Å². The molecule has 7 rings (SSSR count). The highest BCUT2D eigenvalue weighted by atomic mass is 32.1. The predicted molar refractivity (Wildman–Crippen MR) is 375 cm³/mol. The van der Waals surface area contributed by atoms with Crippen molar-refractivity contribution in [1.29, 1.82) is 0 Å². The number of thiophene rings is 4. The van der Waals surface area contributed by atoms with Crippen molar-refractivity contribution < 1.29 is 0 Å². The third-order valence-electron chi connectivity index (χ3n) is 17.8. The van der Waals surface area contributed by atoms with Gasteiger partial charge >= 0.3 is 0 Å². The van der Waals surface area contributed by atoms with Gasteiger partial charge in [0.1, 0.15) is 0 Å². The predicted octanol–water partition coefficient (Wildman–Crippen LogP) is 27.3. The number of fused-ring (bicyclic) bond motifs is 4. The monoisotopic (exact) mass is 1170 g/mol. The minimum Gasteiger partial charge on any atom is -0.140 e. The van der Waals surface area contributed by atoms with E-state index in [0.29, 0.717) is 0 Å². The highest BCUT2D eigenvalue weighted by Gasteiger charge is 2.16. The molecular formula is C78H110S4. The molecule has 0 fully saturated rings. The molecule has 0 radical (unpaired) electrons. The topological polar surface area (TPSA) is 0 Å². The Kier molecular flexibility index (Phi) is 32.3. The van der Waals surface area contributed by atoms with Gasteiger partial charge < -0.3 is 0 Å². The highest BCUT2D eigenvalue weighted by molar-refractivity contribution is 7.21. The summed E-state index contributed by atoms with van der Waals surface area (Å²) in [5.41, 5.74) is 2.07. The molecule has 0 amide bonds. The summed E-state index contributed by atoms with van der Waals surface area (Å²) in [7, 11) is 0. The first-order valence-corrected chi connectivity index (χ1v) is 37.8. The number of rotatable bonds is 44. The Balaban J connectivity index is 0.891. The lowest BCUT2D eigenvalue weighted by atomic mass is 9.91. The maximum Gasteiger partial charge on any atom is 0.0784 e. The number of hydrogen-bond donors (Lipinski definition) is 0. The molecule has 4 heteroatoms. The molecule has 0 nitrogen and oxygen atoms in total. The van der Waals surface area contributed by atoms with Crippen LogP contribution in [0.25, 0.3) is 40.3 Å². The summed E-state index contributed by atoms with van der Waals surface area (Å²) in [5, 5.41) is 5.49. The molecule has 7 aromatic rings. The van der Waals surface area contributed by atoms with Crippen LogP contribution in [0.4, 0.5) is 0 Å². The standard InChI is InChI=1S/C78H110S4/c1-5-9-13-17-21-25-27-31-35-39-43-65(41-37-33-29-23-19-15-11-7-3)53-73-57-69-61-75-67(59-77(69)81-73)55-71(79-75)51-49-63-45-47-64(48-46-63)50-52-72-56-68-60-78-70(62-76(68)80-72)58-74(82-78)54-66(42-38-34-30-24-20-16-12-8-4)44-40-36-32-28-26-22-18-14-10-6-2/h45-48,55-62,65-66H,5-44,53-54H2,1-4H3. The Labute approximate surface area is 518 Å². The number of hydrogen-bond acceptors (Lipinski definition) is 4. The van der Waals surface area contributed by atoms with Crippen LogP contribution < -0.4 is 0 Å². The van der Waals surface area contributed by atoms with Gasteiger partial charge in [0, 0.05) is 39.7 Å². The fourth-order valence-electron chi connectivity index (χ4n) is 12.7. The Bertz CT molecular complexity index is 2620. The summed E-state index contributed by atoms with van der Waals surface area (Å²) >= 11 is 7.77. The Hall–Kier alpha value is -3.38. The van der Waals surface area contributed by atoms with E-state index in [1.54, 1.807) is 9.75 Å². The molecule has 0 aliphatic heterocycles. The van der Waals surface area contributed by atoms with Crippen LogP contribution in [0.3, 0.4) is 0 Å². The molecule has 4 aromatic heterocycles. The van der Waals surface area contributed by atoms with Crippen molar-refractivity contribution in [2.45, 2.75) is 297 Å². The van der Waals surface area contributed by atoms with Crippen LogP contribution in [0.5, 0.6) is 0 Å². The molecule has 0 N–H and O–H groups in total. The lowest BCUT2D eigenvalue weighted by Crippen LogP contribution is -2.04. The third kappa shape index (κ3) is 24.9. The Morgan fingerprint density at radius 1 is 0.268 bits per heavy atom. The van der Waals surface area contributed by atoms with E-state index in [1.165, 1.54) is 310 Å². The maximum absolute atomic E-state index is 3.52. The number of unbranched alkanes of at least 4 members (excludes halogenated alkanes) is 32. The number of benzene rings is 3. The van der Waals surface area contributed by atoms with Crippen LogP contribution in [-0.2, 0) is 12.8 Å². The first-order chi connectivity index (χ1) is 40.5. The quantitative estimate of drug-likeness (QED) is 0.0264. The fraction of sp³-hybridized carbons (Fsp3) is 0.615. The summed E-state index contributed by atoms with van der Waals surface area (Å²) < 4.78 is 5.56. The summed E-state index contributed by atoms with van der Waals surface area (Å²) in [6.45, 7) is 9.28. The van der Waals surface area contributed by atoms with E-state index in [0.717, 1.165) is 32.7 Å². The zero-order valence-electron chi connectivity index (χ0n) is 52.4. The van der Waals surface area contributed by atoms with Crippen molar-refractivity contribution in [2.75, 3.05) is 0 Å². The smallest absolute Gasteiger partial charge is 0.0784 e. The first-order valence-electron chi connectivity index (χ1n) is 34.6. The van der Waals surface area contributed by atoms with Crippen LogP contribution >= 0.6 is 45.3 Å². The van der Waals surface area contributed by atoms with Gasteiger partial charge in [-0.3, -0.25) is 0 Å². The molecule has 82 heavy (non-hydrogen) atoms. The summed E-state index contributed by atoms with van der Waals surface area (Å²) in [4.78, 5) is 5.45. The normalized spacial score (nSPS) is 12.4. The van der Waals surface area contributed by atoms with Crippen LogP contribution in [-0.4, -0.2) is 0 Å². The minimum absolute atomic E-state index is 0.821. The molecule has 0 aliphatic rings. The van der Waals surface area contributed by atoms with Crippen molar-refractivity contribution in [2.24, 2.45) is 11.8 Å². The molecule has 2 atom stereocenters. The van der Waals surface area contributed by atoms with Crippen LogP contribution in [0, 0.1) is 35.5 Å². The zero-order chi connectivity index (χ0) is 57.1. The zero-order valence-corrected chi connectivity index (χ0v) is 55.7. The van der Waals surface area contributed by atoms with Gasteiger partial charge in [-0.15, -0.1) is 45.3 Å². The van der Waals surface area contributed by atoms with Gasteiger partial charge in [-0.05, 0) is 119 Å². The molecule has 2 unspecified atom stereocenters. The average Bonchev–Trinajstić information content (AvgIpc) is 4.42. The molecule has 0 saturated heterocycles. The molecule has 0 aliphatic carbocycles. The van der Waals surface area contributed by atoms with Gasteiger partial charge in [0.25, 0.3) is 0 Å². The van der Waals surface area contributed by atoms with Crippen molar-refractivity contribution in [1.82, 2.24) is 0 Å². The second kappa shape index (κ2) is 40.1. The SMILES string of the molecule is CCCCCCCCCCCCC(CCCCCCCCCC)Cc1cc2cc3sc(C#Cc4ccc(C#Cc5cc6cc7sc(CC(CCCCCCCCCC)CCCCCCCCCCCC)cc7cc6s5)cc4)cc3cc2s1. The molecule has 4 heterocycles. The van der Waals surface area contributed by atoms with Gasteiger partial charge in [0.2, 0.25) is 0 Å². The molecule has 0 saturated carbocycles. The van der Waals surface area contributed by atoms with E-state index in [4.69, 9.17) is 0 Å². The molecular weight excluding hydrogens is 1070 g/mol. The van der Waals surface area contributed by atoms with Crippen molar-refractivity contribution in [3.05, 3.63) is 103 Å². The Morgan fingerprint density at radius 3 is 0.793 bits per heavy atom. The summed E-state index contributed by atoms with van der Waals surface area (Å²) in [5.74, 6) is 15.6. The highest BCUT2D eigenvalue weighted by Crippen LogP contribution is 2.38. The fourth-order valence-corrected chi connectivity index (χ4v) is 17.0. The summed E-state index contributed by atoms with van der Waals surface area (Å²) in [6, 6.07) is 28.0. The van der Waals surface area contributed by atoms with E-state index in [-0.39, 0.29) is 0 Å². The van der Waals surface area contributed by atoms with Crippen LogP contribution in [0.15, 0.2) is 72.8 Å². The molecule has 3 aromatic carbocycles. The van der Waals surface area contributed by atoms with Gasteiger partial charge in [-0.25, -0.2) is 0 Å². The summed E-state index contributed by atoms with van der Waals surface area (Å²) in [6.07, 6.45) is 59.1. The minimum atomic E-state index is 0.821. The van der Waals surface area contributed by atoms with E-state index < -0.39 is 0 Å². The van der Waals surface area contributed by atoms with E-state index in [1.807, 2.05) is 45.3 Å². The molecule has 0 spiro atoms. The Morgan fingerprint density at radius 2 is 0.512 bits per heavy atom. The molecule has 0 bridgehead atoms. The van der Waals surface area contributed by atoms with Crippen LogP contribution in [0.2, 0.25) is 0 Å². The van der Waals surface area contributed by atoms with Crippen molar-refractivity contribution in [3.8, 4) is 23.7 Å². The van der Waals surface area contributed by atoms with Crippen molar-refractivity contribution >= 4 is 85.7 Å². The van der Waals surface area contributed by atoms with Crippen molar-refractivity contribution in [3.63, 3.8) is 0 Å².